The van der Waals surface area contributed by atoms with E-state index in [2.05, 4.69) is 61.2 Å². The van der Waals surface area contributed by atoms with Gasteiger partial charge in [-0.15, -0.1) is 0 Å². The molecule has 0 saturated carbocycles. The van der Waals surface area contributed by atoms with Gasteiger partial charge in [0.15, 0.2) is 0 Å². The zero-order valence-electron chi connectivity index (χ0n) is 26.6. The number of hydrogen-bond donors (Lipinski definition) is 0. The molecule has 13 heteroatoms. The van der Waals surface area contributed by atoms with Gasteiger partial charge in [0.2, 0.25) is 5.79 Å². The molecule has 5 aromatic rings. The van der Waals surface area contributed by atoms with Crippen LogP contribution in [0.15, 0.2) is 96.7 Å². The van der Waals surface area contributed by atoms with E-state index in [1.807, 2.05) is 49.4 Å². The minimum absolute atomic E-state index is 0.0704. The van der Waals surface area contributed by atoms with Crippen LogP contribution >= 0.6 is 0 Å². The highest BCUT2D eigenvalue weighted by Crippen LogP contribution is 2.35. The normalized spacial score (nSPS) is 20.4. The van der Waals surface area contributed by atoms with Gasteiger partial charge in [0.05, 0.1) is 18.3 Å². The van der Waals surface area contributed by atoms with Gasteiger partial charge in [-0.3, -0.25) is 4.98 Å². The molecule has 0 N–H and O–H groups in total. The summed E-state index contributed by atoms with van der Waals surface area (Å²) in [5.41, 5.74) is 3.70. The van der Waals surface area contributed by atoms with Crippen LogP contribution in [0.25, 0.3) is 5.69 Å². The van der Waals surface area contributed by atoms with Crippen LogP contribution in [0.5, 0.6) is 5.75 Å². The maximum Gasteiger partial charge on any atom is 0.350 e. The van der Waals surface area contributed by atoms with Gasteiger partial charge in [-0.05, 0) is 74.0 Å². The Balaban J connectivity index is 0.913. The average molecular weight is 638 g/mol. The minimum atomic E-state index is -1.06. The van der Waals surface area contributed by atoms with Gasteiger partial charge in [-0.25, -0.2) is 23.7 Å². The highest BCUT2D eigenvalue weighted by molar-refractivity contribution is 5.54. The Morgan fingerprint density at radius 1 is 0.915 bits per heavy atom. The van der Waals surface area contributed by atoms with Crippen LogP contribution in [0.1, 0.15) is 32.0 Å². The molecule has 3 atom stereocenters. The standard InChI is InChI=1S/C34H39N9O4/c1-3-26(2)43-33(44)42(25-38-43)29-9-7-27(8-10-29)39-16-18-40(19-17-39)28-11-13-30(14-12-28)45-20-31-21-46-34(47-31,22-41-24-35-23-37-41)32-6-4-5-15-36-32/h4-15,23-26,31H,3,16-22H2,1-2H3/t26-,31+,34+/m0/s1. The second-order valence-electron chi connectivity index (χ2n) is 11.9. The molecule has 0 amide bonds. The van der Waals surface area contributed by atoms with Gasteiger partial charge in [0, 0.05) is 43.8 Å². The first-order valence-electron chi connectivity index (χ1n) is 16.1. The number of hydrogen-bond acceptors (Lipinski definition) is 10. The predicted molar refractivity (Wildman–Crippen MR) is 176 cm³/mol. The smallest absolute Gasteiger partial charge is 0.350 e. The maximum atomic E-state index is 12.8. The Hall–Kier alpha value is -5.01. The number of rotatable bonds is 11. The van der Waals surface area contributed by atoms with Crippen LogP contribution in [0, 0.1) is 0 Å². The van der Waals surface area contributed by atoms with Crippen molar-refractivity contribution in [2.24, 2.45) is 0 Å². The third-order valence-electron chi connectivity index (χ3n) is 8.86. The Bertz CT molecular complexity index is 1780. The Kier molecular flexibility index (Phi) is 8.72. The molecule has 3 aromatic heterocycles. The molecule has 0 unspecified atom stereocenters. The van der Waals surface area contributed by atoms with E-state index in [0.717, 1.165) is 55.4 Å². The van der Waals surface area contributed by atoms with Gasteiger partial charge in [-0.2, -0.15) is 10.2 Å². The number of piperazine rings is 1. The number of anilines is 2. The van der Waals surface area contributed by atoms with Crippen molar-refractivity contribution in [1.29, 1.82) is 0 Å². The minimum Gasteiger partial charge on any atom is -0.491 e. The molecule has 0 radical (unpaired) electrons. The topological polar surface area (TPSA) is 118 Å². The number of pyridine rings is 1. The van der Waals surface area contributed by atoms with Crippen molar-refractivity contribution in [1.82, 2.24) is 34.1 Å². The zero-order chi connectivity index (χ0) is 32.2. The molecule has 2 fully saturated rings. The molecular formula is C34H39N9O4. The molecule has 0 bridgehead atoms. The lowest BCUT2D eigenvalue weighted by atomic mass is 10.1. The van der Waals surface area contributed by atoms with Gasteiger partial charge in [-0.1, -0.05) is 13.0 Å². The van der Waals surface area contributed by atoms with Crippen LogP contribution in [0.4, 0.5) is 11.4 Å². The molecule has 2 saturated heterocycles. The van der Waals surface area contributed by atoms with E-state index in [0.29, 0.717) is 25.5 Å². The van der Waals surface area contributed by atoms with Crippen molar-refractivity contribution >= 4 is 11.4 Å². The first kappa shape index (κ1) is 30.6. The van der Waals surface area contributed by atoms with Crippen molar-refractivity contribution in [2.45, 2.75) is 44.7 Å². The molecule has 5 heterocycles. The first-order valence-corrected chi connectivity index (χ1v) is 16.1. The average Bonchev–Trinajstić information content (AvgIpc) is 3.89. The van der Waals surface area contributed by atoms with Crippen molar-refractivity contribution < 1.29 is 14.2 Å². The van der Waals surface area contributed by atoms with Crippen molar-refractivity contribution in [3.63, 3.8) is 0 Å². The summed E-state index contributed by atoms with van der Waals surface area (Å²) >= 11 is 0. The van der Waals surface area contributed by atoms with E-state index >= 15 is 0 Å². The third kappa shape index (κ3) is 6.49. The van der Waals surface area contributed by atoms with E-state index in [-0.39, 0.29) is 17.8 Å². The Morgan fingerprint density at radius 3 is 2.26 bits per heavy atom. The van der Waals surface area contributed by atoms with Gasteiger partial charge in [0.1, 0.15) is 49.7 Å². The van der Waals surface area contributed by atoms with Crippen LogP contribution in [-0.4, -0.2) is 79.6 Å². The summed E-state index contributed by atoms with van der Waals surface area (Å²) in [6.07, 6.45) is 7.03. The Morgan fingerprint density at radius 2 is 1.62 bits per heavy atom. The SMILES string of the molecule is CC[C@H](C)n1ncn(-c2ccc(N3CCN(c4ccc(OC[C@@H]5CO[C@@](Cn6cncn6)(c6ccccn6)O5)cc4)CC3)cc2)c1=O. The third-order valence-corrected chi connectivity index (χ3v) is 8.86. The van der Waals surface area contributed by atoms with Crippen LogP contribution in [-0.2, 0) is 21.8 Å². The largest absolute Gasteiger partial charge is 0.491 e. The molecule has 7 rings (SSSR count). The molecule has 244 valence electrons. The maximum absolute atomic E-state index is 12.8. The summed E-state index contributed by atoms with van der Waals surface area (Å²) in [5, 5.41) is 8.52. The molecule has 47 heavy (non-hydrogen) atoms. The summed E-state index contributed by atoms with van der Waals surface area (Å²) in [5.74, 6) is -0.287. The fourth-order valence-corrected chi connectivity index (χ4v) is 6.02. The van der Waals surface area contributed by atoms with Crippen LogP contribution in [0.3, 0.4) is 0 Å². The highest BCUT2D eigenvalue weighted by Gasteiger charge is 2.45. The van der Waals surface area contributed by atoms with Gasteiger partial charge in [0.25, 0.3) is 0 Å². The number of nitrogens with zero attached hydrogens (tertiary/aromatic N) is 9. The van der Waals surface area contributed by atoms with E-state index in [9.17, 15) is 4.79 Å². The first-order chi connectivity index (χ1) is 23.0. The van der Waals surface area contributed by atoms with Crippen molar-refractivity contribution in [3.8, 4) is 11.4 Å². The van der Waals surface area contributed by atoms with Crippen LogP contribution in [0.2, 0.25) is 0 Å². The number of ether oxygens (including phenoxy) is 3. The fourth-order valence-electron chi connectivity index (χ4n) is 6.02. The van der Waals surface area contributed by atoms with E-state index in [1.54, 1.807) is 32.8 Å². The molecular weight excluding hydrogens is 598 g/mol. The Labute approximate surface area is 272 Å². The quantitative estimate of drug-likeness (QED) is 0.212. The van der Waals surface area contributed by atoms with Crippen molar-refractivity contribution in [3.05, 3.63) is 108 Å². The van der Waals surface area contributed by atoms with Crippen LogP contribution < -0.4 is 20.2 Å². The predicted octanol–water partition coefficient (Wildman–Crippen LogP) is 3.67. The van der Waals surface area contributed by atoms with E-state index in [1.165, 1.54) is 6.33 Å². The molecule has 0 aliphatic carbocycles. The summed E-state index contributed by atoms with van der Waals surface area (Å²) in [6, 6.07) is 22.1. The lowest BCUT2D eigenvalue weighted by Crippen LogP contribution is -2.46. The lowest BCUT2D eigenvalue weighted by molar-refractivity contribution is -0.193. The zero-order valence-corrected chi connectivity index (χ0v) is 26.6. The summed E-state index contributed by atoms with van der Waals surface area (Å²) in [4.78, 5) is 26.1. The summed E-state index contributed by atoms with van der Waals surface area (Å²) in [6.45, 7) is 8.70. The molecule has 2 aromatic carbocycles. The van der Waals surface area contributed by atoms with Gasteiger partial charge >= 0.3 is 5.69 Å². The summed E-state index contributed by atoms with van der Waals surface area (Å²) in [7, 11) is 0. The number of benzene rings is 2. The van der Waals surface area contributed by atoms with Crippen molar-refractivity contribution in [2.75, 3.05) is 49.2 Å². The molecule has 13 nitrogen and oxygen atoms in total. The summed E-state index contributed by atoms with van der Waals surface area (Å²) < 4.78 is 23.6. The van der Waals surface area contributed by atoms with E-state index < -0.39 is 5.79 Å². The monoisotopic (exact) mass is 637 g/mol. The fraction of sp³-hybridized carbons (Fsp3) is 0.382. The molecule has 2 aliphatic heterocycles. The second-order valence-corrected chi connectivity index (χ2v) is 11.9. The molecule has 2 aliphatic rings. The van der Waals surface area contributed by atoms with E-state index in [4.69, 9.17) is 14.2 Å². The second kappa shape index (κ2) is 13.4. The van der Waals surface area contributed by atoms with Gasteiger partial charge < -0.3 is 24.0 Å². The highest BCUT2D eigenvalue weighted by atomic mass is 16.8. The lowest BCUT2D eigenvalue weighted by Gasteiger charge is -2.37. The number of aromatic nitrogens is 7. The molecule has 0 spiro atoms.